The third-order valence-electron chi connectivity index (χ3n) is 3.34. The van der Waals surface area contributed by atoms with E-state index in [0.717, 1.165) is 31.7 Å². The highest BCUT2D eigenvalue weighted by atomic mass is 16.5. The molecule has 1 aromatic rings. The van der Waals surface area contributed by atoms with Gasteiger partial charge in [-0.25, -0.2) is 0 Å². The van der Waals surface area contributed by atoms with E-state index < -0.39 is 0 Å². The maximum Gasteiger partial charge on any atom is 0.0465 e. The quantitative estimate of drug-likeness (QED) is 0.770. The number of pyridine rings is 1. The van der Waals surface area contributed by atoms with E-state index in [2.05, 4.69) is 37.1 Å². The van der Waals surface area contributed by atoms with Gasteiger partial charge in [0.05, 0.1) is 0 Å². The van der Waals surface area contributed by atoms with Gasteiger partial charge in [-0.05, 0) is 43.9 Å². The van der Waals surface area contributed by atoms with Gasteiger partial charge in [0.1, 0.15) is 0 Å². The number of aryl methyl sites for hydroxylation is 1. The van der Waals surface area contributed by atoms with Crippen molar-refractivity contribution in [2.24, 2.45) is 5.92 Å². The largest absolute Gasteiger partial charge is 0.385 e. The summed E-state index contributed by atoms with van der Waals surface area (Å²) in [6, 6.07) is 4.57. The van der Waals surface area contributed by atoms with E-state index in [0.29, 0.717) is 12.0 Å². The molecule has 0 aliphatic carbocycles. The Morgan fingerprint density at radius 1 is 1.44 bits per heavy atom. The molecule has 0 saturated heterocycles. The fraction of sp³-hybridized carbons (Fsp3) is 0.667. The average molecular weight is 250 g/mol. The lowest BCUT2D eigenvalue weighted by molar-refractivity contribution is 0.170. The Bertz CT molecular complexity index is 341. The molecule has 0 amide bonds. The second-order valence-corrected chi connectivity index (χ2v) is 4.87. The van der Waals surface area contributed by atoms with Crippen LogP contribution in [0.3, 0.4) is 0 Å². The number of ether oxygens (including phenoxy) is 1. The first-order chi connectivity index (χ1) is 8.70. The zero-order chi connectivity index (χ0) is 13.4. The van der Waals surface area contributed by atoms with Crippen LogP contribution in [0, 0.1) is 12.8 Å². The van der Waals surface area contributed by atoms with Gasteiger partial charge in [0.2, 0.25) is 0 Å². The molecule has 1 N–H and O–H groups in total. The van der Waals surface area contributed by atoms with Gasteiger partial charge < -0.3 is 10.1 Å². The topological polar surface area (TPSA) is 34.2 Å². The summed E-state index contributed by atoms with van der Waals surface area (Å²) < 4.78 is 5.19. The minimum absolute atomic E-state index is 0.369. The highest BCUT2D eigenvalue weighted by Crippen LogP contribution is 2.26. The number of nitrogens with one attached hydrogen (secondary N) is 1. The van der Waals surface area contributed by atoms with Gasteiger partial charge in [0.15, 0.2) is 0 Å². The second-order valence-electron chi connectivity index (χ2n) is 4.87. The number of hydrogen-bond acceptors (Lipinski definition) is 3. The Balaban J connectivity index is 2.80. The van der Waals surface area contributed by atoms with Crippen molar-refractivity contribution in [1.82, 2.24) is 10.3 Å². The summed E-state index contributed by atoms with van der Waals surface area (Å²) in [6.45, 7) is 8.40. The number of aromatic nitrogens is 1. The van der Waals surface area contributed by atoms with Gasteiger partial charge in [-0.2, -0.15) is 0 Å². The molecule has 0 aliphatic rings. The van der Waals surface area contributed by atoms with Gasteiger partial charge in [0, 0.05) is 31.6 Å². The number of methoxy groups -OCH3 is 1. The van der Waals surface area contributed by atoms with E-state index in [1.807, 2.05) is 12.3 Å². The van der Waals surface area contributed by atoms with Crippen LogP contribution in [0.4, 0.5) is 0 Å². The van der Waals surface area contributed by atoms with Crippen molar-refractivity contribution in [3.05, 3.63) is 29.6 Å². The molecule has 0 bridgehead atoms. The Morgan fingerprint density at radius 2 is 2.22 bits per heavy atom. The molecule has 0 aliphatic heterocycles. The van der Waals surface area contributed by atoms with Crippen molar-refractivity contribution in [3.8, 4) is 0 Å². The normalized spacial score (nSPS) is 14.4. The fourth-order valence-electron chi connectivity index (χ4n) is 2.21. The Hall–Kier alpha value is -0.930. The van der Waals surface area contributed by atoms with Gasteiger partial charge in [-0.15, -0.1) is 0 Å². The van der Waals surface area contributed by atoms with Crippen LogP contribution in [0.2, 0.25) is 0 Å². The van der Waals surface area contributed by atoms with Crippen LogP contribution in [-0.2, 0) is 4.74 Å². The zero-order valence-electron chi connectivity index (χ0n) is 12.1. The van der Waals surface area contributed by atoms with Crippen LogP contribution in [0.5, 0.6) is 0 Å². The highest BCUT2D eigenvalue weighted by Gasteiger charge is 2.20. The van der Waals surface area contributed by atoms with E-state index in [9.17, 15) is 0 Å². The van der Waals surface area contributed by atoms with Crippen molar-refractivity contribution in [2.45, 2.75) is 39.7 Å². The smallest absolute Gasteiger partial charge is 0.0465 e. The summed E-state index contributed by atoms with van der Waals surface area (Å²) in [5.41, 5.74) is 2.44. The van der Waals surface area contributed by atoms with E-state index >= 15 is 0 Å². The predicted molar refractivity (Wildman–Crippen MR) is 75.7 cm³/mol. The molecule has 18 heavy (non-hydrogen) atoms. The molecule has 0 fully saturated rings. The van der Waals surface area contributed by atoms with Gasteiger partial charge in [-0.1, -0.05) is 19.9 Å². The third kappa shape index (κ3) is 4.39. The van der Waals surface area contributed by atoms with Crippen molar-refractivity contribution >= 4 is 0 Å². The molecule has 102 valence electrons. The Morgan fingerprint density at radius 3 is 2.83 bits per heavy atom. The van der Waals surface area contributed by atoms with Crippen molar-refractivity contribution in [3.63, 3.8) is 0 Å². The van der Waals surface area contributed by atoms with E-state index in [1.54, 1.807) is 7.11 Å². The first kappa shape index (κ1) is 15.1. The van der Waals surface area contributed by atoms with Crippen molar-refractivity contribution in [2.75, 3.05) is 20.3 Å². The lowest BCUT2D eigenvalue weighted by atomic mass is 9.91. The third-order valence-corrected chi connectivity index (χ3v) is 3.34. The highest BCUT2D eigenvalue weighted by molar-refractivity contribution is 5.23. The van der Waals surface area contributed by atoms with Crippen LogP contribution < -0.4 is 5.32 Å². The van der Waals surface area contributed by atoms with Crippen LogP contribution in [0.1, 0.15) is 44.0 Å². The zero-order valence-corrected chi connectivity index (χ0v) is 12.1. The monoisotopic (exact) mass is 250 g/mol. The molecule has 3 heteroatoms. The molecule has 0 aromatic carbocycles. The van der Waals surface area contributed by atoms with Gasteiger partial charge in [-0.3, -0.25) is 4.98 Å². The maximum absolute atomic E-state index is 5.19. The molecule has 0 spiro atoms. The number of rotatable bonds is 8. The second kappa shape index (κ2) is 8.22. The van der Waals surface area contributed by atoms with Crippen LogP contribution >= 0.6 is 0 Å². The summed E-state index contributed by atoms with van der Waals surface area (Å²) in [4.78, 5) is 4.40. The first-order valence-corrected chi connectivity index (χ1v) is 6.84. The summed E-state index contributed by atoms with van der Waals surface area (Å²) in [6.07, 6.45) is 4.06. The van der Waals surface area contributed by atoms with E-state index in [-0.39, 0.29) is 0 Å². The molecule has 0 saturated carbocycles. The van der Waals surface area contributed by atoms with Crippen LogP contribution in [0.25, 0.3) is 0 Å². The Kier molecular flexibility index (Phi) is 6.91. The fourth-order valence-corrected chi connectivity index (χ4v) is 2.21. The molecule has 2 unspecified atom stereocenters. The van der Waals surface area contributed by atoms with E-state index in [1.165, 1.54) is 5.56 Å². The van der Waals surface area contributed by atoms with Gasteiger partial charge >= 0.3 is 0 Å². The lowest BCUT2D eigenvalue weighted by Gasteiger charge is -2.26. The van der Waals surface area contributed by atoms with Crippen LogP contribution in [0.15, 0.2) is 18.3 Å². The molecule has 2 atom stereocenters. The summed E-state index contributed by atoms with van der Waals surface area (Å²) in [5.74, 6) is 0.541. The Labute approximate surface area is 111 Å². The van der Waals surface area contributed by atoms with Crippen molar-refractivity contribution < 1.29 is 4.74 Å². The molecular weight excluding hydrogens is 224 g/mol. The molecule has 1 aromatic heterocycles. The number of hydrogen-bond donors (Lipinski definition) is 1. The molecule has 1 rings (SSSR count). The van der Waals surface area contributed by atoms with Crippen LogP contribution in [-0.4, -0.2) is 25.2 Å². The molecule has 1 heterocycles. The summed E-state index contributed by atoms with van der Waals surface area (Å²) >= 11 is 0. The summed E-state index contributed by atoms with van der Waals surface area (Å²) in [7, 11) is 1.76. The average Bonchev–Trinajstić information content (AvgIpc) is 2.38. The molecule has 3 nitrogen and oxygen atoms in total. The minimum atomic E-state index is 0.369. The molecular formula is C15H26N2O. The SMILES string of the molecule is CCCNC(c1cccnc1C)C(C)CCOC. The van der Waals surface area contributed by atoms with E-state index in [4.69, 9.17) is 4.74 Å². The molecule has 0 radical (unpaired) electrons. The lowest BCUT2D eigenvalue weighted by Crippen LogP contribution is -2.29. The number of nitrogens with zero attached hydrogens (tertiary/aromatic N) is 1. The maximum atomic E-state index is 5.19. The van der Waals surface area contributed by atoms with Crippen molar-refractivity contribution in [1.29, 1.82) is 0 Å². The minimum Gasteiger partial charge on any atom is -0.385 e. The standard InChI is InChI=1S/C15H26N2O/c1-5-9-17-15(12(2)8-11-18-4)14-7-6-10-16-13(14)3/h6-7,10,12,15,17H,5,8-9,11H2,1-4H3. The summed E-state index contributed by atoms with van der Waals surface area (Å²) in [5, 5.41) is 3.64. The first-order valence-electron chi connectivity index (χ1n) is 6.84. The van der Waals surface area contributed by atoms with Gasteiger partial charge in [0.25, 0.3) is 0 Å². The predicted octanol–water partition coefficient (Wildman–Crippen LogP) is 3.10.